The molecular weight excluding hydrogens is 632 g/mol. The van der Waals surface area contributed by atoms with Gasteiger partial charge in [-0.3, -0.25) is 28.8 Å². The highest BCUT2D eigenvalue weighted by Crippen LogP contribution is 2.28. The van der Waals surface area contributed by atoms with Crippen LogP contribution in [0, 0.1) is 5.92 Å². The molecule has 49 heavy (non-hydrogen) atoms. The molecule has 0 unspecified atom stereocenters. The van der Waals surface area contributed by atoms with E-state index < -0.39 is 29.7 Å². The van der Waals surface area contributed by atoms with Gasteiger partial charge in [0, 0.05) is 11.1 Å². The Balaban J connectivity index is 1.66. The number of carbonyl (C=O) groups is 5. The van der Waals surface area contributed by atoms with E-state index in [4.69, 9.17) is 14.0 Å². The van der Waals surface area contributed by atoms with E-state index in [-0.39, 0.29) is 37.1 Å². The highest BCUT2D eigenvalue weighted by molar-refractivity contribution is 5.97. The van der Waals surface area contributed by atoms with Crippen molar-refractivity contribution in [1.29, 1.82) is 0 Å². The molecule has 0 bridgehead atoms. The third-order valence-electron chi connectivity index (χ3n) is 7.72. The average Bonchev–Trinajstić information content (AvgIpc) is 3.62. The van der Waals surface area contributed by atoms with Crippen molar-refractivity contribution in [2.24, 2.45) is 5.92 Å². The summed E-state index contributed by atoms with van der Waals surface area (Å²) in [5, 5.41) is 9.13. The van der Waals surface area contributed by atoms with E-state index in [1.54, 1.807) is 25.1 Å². The number of nitrogens with zero attached hydrogens (tertiary/aromatic N) is 1. The van der Waals surface area contributed by atoms with Gasteiger partial charge in [0.15, 0.2) is 5.76 Å². The van der Waals surface area contributed by atoms with Crippen LogP contribution >= 0.6 is 0 Å². The van der Waals surface area contributed by atoms with Crippen molar-refractivity contribution in [1.82, 2.24) is 21.0 Å². The Kier molecular flexibility index (Phi) is 15.8. The number of benzene rings is 2. The maximum absolute atomic E-state index is 13.5. The Bertz CT molecular complexity index is 1530. The second-order valence-corrected chi connectivity index (χ2v) is 11.1. The Morgan fingerprint density at radius 2 is 1.69 bits per heavy atom. The Hall–Kier alpha value is -5.17. The fraction of sp³-hybridized carbons (Fsp3) is 0.417. The van der Waals surface area contributed by atoms with Gasteiger partial charge in [0.2, 0.25) is 12.3 Å². The molecule has 1 aromatic heterocycles. The first kappa shape index (κ1) is 38.3. The van der Waals surface area contributed by atoms with Crippen LogP contribution < -0.4 is 20.7 Å². The van der Waals surface area contributed by atoms with Crippen molar-refractivity contribution < 1.29 is 42.7 Å². The summed E-state index contributed by atoms with van der Waals surface area (Å²) >= 11 is 0. The number of esters is 1. The molecule has 1 heterocycles. The minimum Gasteiger partial charge on any atom is -0.494 e. The Labute approximate surface area is 286 Å². The highest BCUT2D eigenvalue weighted by Gasteiger charge is 2.32. The van der Waals surface area contributed by atoms with Crippen molar-refractivity contribution in [3.8, 4) is 17.1 Å². The van der Waals surface area contributed by atoms with Gasteiger partial charge in [0.25, 0.3) is 11.8 Å². The number of unbranched alkanes of at least 4 members (excludes halogenated alkanes) is 2. The van der Waals surface area contributed by atoms with Crippen molar-refractivity contribution in [3.05, 3.63) is 77.6 Å². The molecule has 264 valence electrons. The normalized spacial score (nSPS) is 11.9. The lowest BCUT2D eigenvalue weighted by molar-refractivity contribution is -0.200. The predicted molar refractivity (Wildman–Crippen MR) is 181 cm³/mol. The first-order chi connectivity index (χ1) is 23.7. The van der Waals surface area contributed by atoms with E-state index in [1.165, 1.54) is 24.3 Å². The van der Waals surface area contributed by atoms with Gasteiger partial charge >= 0.3 is 5.97 Å². The van der Waals surface area contributed by atoms with Gasteiger partial charge in [0.05, 0.1) is 32.3 Å². The van der Waals surface area contributed by atoms with E-state index in [2.05, 4.69) is 27.6 Å². The number of amides is 4. The number of methoxy groups -OCH3 is 1. The van der Waals surface area contributed by atoms with Gasteiger partial charge in [-0.15, -0.1) is 0 Å². The molecule has 2 aromatic carbocycles. The Morgan fingerprint density at radius 3 is 2.37 bits per heavy atom. The van der Waals surface area contributed by atoms with Crippen LogP contribution in [0.2, 0.25) is 0 Å². The van der Waals surface area contributed by atoms with Gasteiger partial charge in [0.1, 0.15) is 24.7 Å². The molecule has 3 N–H and O–H groups in total. The molecule has 0 saturated heterocycles. The summed E-state index contributed by atoms with van der Waals surface area (Å²) in [4.78, 5) is 68.5. The number of hydrogen-bond donors (Lipinski definition) is 3. The summed E-state index contributed by atoms with van der Waals surface area (Å²) in [6.45, 7) is 5.81. The smallest absolute Gasteiger partial charge is 0.325 e. The summed E-state index contributed by atoms with van der Waals surface area (Å²) in [5.41, 5.74) is 1.58. The molecule has 13 heteroatoms. The van der Waals surface area contributed by atoms with Crippen LogP contribution in [0.15, 0.2) is 65.1 Å². The van der Waals surface area contributed by atoms with Crippen LogP contribution in [0.5, 0.6) is 5.75 Å². The molecule has 3 aromatic rings. The largest absolute Gasteiger partial charge is 0.494 e. The number of furan rings is 1. The third-order valence-corrected chi connectivity index (χ3v) is 7.72. The first-order valence-corrected chi connectivity index (χ1v) is 16.4. The zero-order valence-corrected chi connectivity index (χ0v) is 28.5. The molecular formula is C36H46N4O9. The average molecular weight is 679 g/mol. The van der Waals surface area contributed by atoms with E-state index >= 15 is 0 Å². The Morgan fingerprint density at radius 1 is 0.918 bits per heavy atom. The van der Waals surface area contributed by atoms with Crippen molar-refractivity contribution in [2.45, 2.75) is 65.5 Å². The number of carbonyl (C=O) groups excluding carboxylic acids is 5. The fourth-order valence-electron chi connectivity index (χ4n) is 5.18. The lowest BCUT2D eigenvalue weighted by Gasteiger charge is -2.32. The second kappa shape index (κ2) is 20.3. The van der Waals surface area contributed by atoms with Gasteiger partial charge in [-0.2, -0.15) is 0 Å². The number of nitrogens with one attached hydrogen (secondary N) is 3. The lowest BCUT2D eigenvalue weighted by Crippen LogP contribution is -2.48. The standard InChI is InChI=1S/C36H46N4O9/c1-5-8-10-15-29(30(6-2)40(24-41)48-22-25-13-11-9-12-14-25)35(44)38-23-39-36(45)32-17-16-31(49-32)26-18-27(20-28(19-26)47-7-3)34(43)37-21-33(42)46-4/h9,11-14,16-20,24,29-30H,5-8,10,15,21-23H2,1-4H3,(H,37,43)(H,38,44)(H,39,45)/t29-,30-/m1/s1. The molecule has 2 atom stereocenters. The SMILES string of the molecule is CCCCC[C@@H](C(=O)NCNC(=O)c1ccc(-c2cc(OCC)cc(C(=O)NCC(=O)OC)c2)o1)[C@@H](CC)N(C=O)OCc1ccccc1. The molecule has 3 rings (SSSR count). The van der Waals surface area contributed by atoms with E-state index in [9.17, 15) is 24.0 Å². The second-order valence-electron chi connectivity index (χ2n) is 11.1. The van der Waals surface area contributed by atoms with Crippen LogP contribution in [-0.4, -0.2) is 68.1 Å². The number of hydroxylamine groups is 2. The van der Waals surface area contributed by atoms with Gasteiger partial charge in [-0.1, -0.05) is 63.4 Å². The van der Waals surface area contributed by atoms with E-state index in [1.807, 2.05) is 37.3 Å². The molecule has 0 aliphatic carbocycles. The molecule has 0 aliphatic rings. The maximum atomic E-state index is 13.5. The predicted octanol–water partition coefficient (Wildman–Crippen LogP) is 4.62. The molecule has 13 nitrogen and oxygen atoms in total. The third kappa shape index (κ3) is 11.8. The lowest BCUT2D eigenvalue weighted by atomic mass is 9.90. The fourth-order valence-corrected chi connectivity index (χ4v) is 5.18. The van der Waals surface area contributed by atoms with Crippen molar-refractivity contribution >= 4 is 30.1 Å². The minimum absolute atomic E-state index is 0.0184. The van der Waals surface area contributed by atoms with Crippen LogP contribution in [-0.2, 0) is 30.6 Å². The van der Waals surface area contributed by atoms with Crippen LogP contribution in [0.1, 0.15) is 79.4 Å². The van der Waals surface area contributed by atoms with Crippen LogP contribution in [0.4, 0.5) is 0 Å². The molecule has 0 radical (unpaired) electrons. The molecule has 0 fully saturated rings. The summed E-state index contributed by atoms with van der Waals surface area (Å²) < 4.78 is 16.0. The number of hydrogen-bond acceptors (Lipinski definition) is 9. The zero-order chi connectivity index (χ0) is 35.6. The minimum atomic E-state index is -0.597. The molecule has 0 aliphatic heterocycles. The van der Waals surface area contributed by atoms with Crippen molar-refractivity contribution in [3.63, 3.8) is 0 Å². The number of ether oxygens (including phenoxy) is 2. The van der Waals surface area contributed by atoms with Gasteiger partial charge in [-0.05, 0) is 55.7 Å². The zero-order valence-electron chi connectivity index (χ0n) is 28.5. The molecule has 0 saturated carbocycles. The molecule has 4 amide bonds. The summed E-state index contributed by atoms with van der Waals surface area (Å²) in [6.07, 6.45) is 4.31. The quantitative estimate of drug-likeness (QED) is 0.0479. The summed E-state index contributed by atoms with van der Waals surface area (Å²) in [5.74, 6) is -1.90. The first-order valence-electron chi connectivity index (χ1n) is 16.4. The monoisotopic (exact) mass is 678 g/mol. The summed E-state index contributed by atoms with van der Waals surface area (Å²) in [6, 6.07) is 16.7. The van der Waals surface area contributed by atoms with Gasteiger partial charge in [-0.25, -0.2) is 5.06 Å². The van der Waals surface area contributed by atoms with Crippen LogP contribution in [0.25, 0.3) is 11.3 Å². The highest BCUT2D eigenvalue weighted by atomic mass is 16.7. The van der Waals surface area contributed by atoms with E-state index in [0.29, 0.717) is 42.9 Å². The maximum Gasteiger partial charge on any atom is 0.325 e. The molecule has 0 spiro atoms. The van der Waals surface area contributed by atoms with Crippen molar-refractivity contribution in [2.75, 3.05) is 26.9 Å². The number of rotatable bonds is 21. The summed E-state index contributed by atoms with van der Waals surface area (Å²) in [7, 11) is 1.22. The van der Waals surface area contributed by atoms with Crippen LogP contribution in [0.3, 0.4) is 0 Å². The van der Waals surface area contributed by atoms with Gasteiger partial charge < -0.3 is 29.8 Å². The van der Waals surface area contributed by atoms with E-state index in [0.717, 1.165) is 24.8 Å². The topological polar surface area (TPSA) is 166 Å².